The first-order chi connectivity index (χ1) is 6.77. The molecule has 2 aromatic rings. The topological polar surface area (TPSA) is 51.6 Å². The summed E-state index contributed by atoms with van der Waals surface area (Å²) in [4.78, 5) is 0. The van der Waals surface area contributed by atoms with Gasteiger partial charge in [0.1, 0.15) is 5.82 Å². The van der Waals surface area contributed by atoms with E-state index in [0.29, 0.717) is 15.9 Å². The van der Waals surface area contributed by atoms with E-state index in [2.05, 4.69) is 36.3 Å². The van der Waals surface area contributed by atoms with Crippen molar-refractivity contribution in [3.05, 3.63) is 34.8 Å². The zero-order valence-electron chi connectivity index (χ0n) is 6.85. The second-order valence-electron chi connectivity index (χ2n) is 2.49. The van der Waals surface area contributed by atoms with Crippen LogP contribution in [0.3, 0.4) is 0 Å². The van der Waals surface area contributed by atoms with E-state index in [-0.39, 0.29) is 5.82 Å². The van der Waals surface area contributed by atoms with Crippen molar-refractivity contribution in [2.75, 3.05) is 0 Å². The Morgan fingerprint density at radius 1 is 1.14 bits per heavy atom. The molecule has 2 rings (SSSR count). The molecule has 0 saturated carbocycles. The molecule has 70 valence electrons. The van der Waals surface area contributed by atoms with Crippen LogP contribution < -0.4 is 0 Å². The van der Waals surface area contributed by atoms with Crippen molar-refractivity contribution in [2.45, 2.75) is 0 Å². The molecule has 6 heteroatoms. The molecule has 1 heterocycles. The monoisotopic (exact) mass is 254 g/mol. The Balaban J connectivity index is 2.57. The highest BCUT2D eigenvalue weighted by Crippen LogP contribution is 2.25. The predicted molar refractivity (Wildman–Crippen MR) is 50.7 cm³/mol. The molecule has 0 spiro atoms. The van der Waals surface area contributed by atoms with E-state index in [0.717, 1.165) is 0 Å². The normalized spacial score (nSPS) is 10.1. The highest BCUT2D eigenvalue weighted by molar-refractivity contribution is 9.10. The molecule has 0 unspecified atom stereocenters. The smallest absolute Gasteiger partial charge is 0.204 e. The van der Waals surface area contributed by atoms with E-state index < -0.39 is 0 Å². The van der Waals surface area contributed by atoms with E-state index >= 15 is 0 Å². The molecular weight excluding hydrogens is 251 g/mol. The molecule has 0 fully saturated rings. The Morgan fingerprint density at radius 2 is 1.86 bits per heavy atom. The van der Waals surface area contributed by atoms with Crippen LogP contribution in [0.25, 0.3) is 11.4 Å². The van der Waals surface area contributed by atoms with Gasteiger partial charge >= 0.3 is 0 Å². The van der Waals surface area contributed by atoms with Gasteiger partial charge in [-0.2, -0.15) is 0 Å². The van der Waals surface area contributed by atoms with E-state index in [4.69, 9.17) is 0 Å². The average Bonchev–Trinajstić information content (AvgIpc) is 2.23. The van der Waals surface area contributed by atoms with E-state index in [1.54, 1.807) is 6.07 Å². The van der Waals surface area contributed by atoms with E-state index in [9.17, 15) is 4.39 Å². The summed E-state index contributed by atoms with van der Waals surface area (Å²) in [6.07, 6.45) is 1.22. The zero-order valence-corrected chi connectivity index (χ0v) is 8.44. The maximum atomic E-state index is 12.9. The first-order valence-electron chi connectivity index (χ1n) is 3.73. The Hall–Kier alpha value is -1.43. The van der Waals surface area contributed by atoms with Gasteiger partial charge in [0.15, 0.2) is 6.33 Å². The number of nitrogens with zero attached hydrogens (tertiary/aromatic N) is 4. The molecular formula is C8H4BrFN4. The number of halogens is 2. The van der Waals surface area contributed by atoms with E-state index in [1.165, 1.54) is 18.5 Å². The minimum atomic E-state index is -0.351. The molecule has 0 amide bonds. The average molecular weight is 255 g/mol. The Labute approximate surface area is 87.3 Å². The summed E-state index contributed by atoms with van der Waals surface area (Å²) >= 11 is 3.26. The predicted octanol–water partition coefficient (Wildman–Crippen LogP) is 1.84. The molecule has 0 atom stereocenters. The fraction of sp³-hybridized carbons (Fsp3) is 0. The molecule has 0 bridgehead atoms. The molecule has 0 radical (unpaired) electrons. The van der Waals surface area contributed by atoms with Gasteiger partial charge in [-0.25, -0.2) is 4.39 Å². The SMILES string of the molecule is Fc1ccc(Br)c(-c2nncnn2)c1. The summed E-state index contributed by atoms with van der Waals surface area (Å²) in [5.74, 6) is -0.0606. The first kappa shape index (κ1) is 9.14. The molecule has 14 heavy (non-hydrogen) atoms. The third-order valence-electron chi connectivity index (χ3n) is 1.58. The number of hydrogen-bond acceptors (Lipinski definition) is 4. The number of hydrogen-bond donors (Lipinski definition) is 0. The Morgan fingerprint density at radius 3 is 2.57 bits per heavy atom. The zero-order chi connectivity index (χ0) is 9.97. The van der Waals surface area contributed by atoms with Crippen molar-refractivity contribution in [3.8, 4) is 11.4 Å². The van der Waals surface area contributed by atoms with E-state index in [1.807, 2.05) is 0 Å². The summed E-state index contributed by atoms with van der Waals surface area (Å²) < 4.78 is 13.6. The number of rotatable bonds is 1. The highest BCUT2D eigenvalue weighted by Gasteiger charge is 2.07. The van der Waals surface area contributed by atoms with Crippen molar-refractivity contribution in [1.82, 2.24) is 20.4 Å². The number of aromatic nitrogens is 4. The van der Waals surface area contributed by atoms with Crippen molar-refractivity contribution in [3.63, 3.8) is 0 Å². The summed E-state index contributed by atoms with van der Waals surface area (Å²) in [5, 5.41) is 14.6. The number of benzene rings is 1. The summed E-state index contributed by atoms with van der Waals surface area (Å²) in [7, 11) is 0. The molecule has 1 aromatic heterocycles. The van der Waals surface area contributed by atoms with Gasteiger partial charge in [0.05, 0.1) is 0 Å². The van der Waals surface area contributed by atoms with Gasteiger partial charge in [-0.3, -0.25) is 0 Å². The third-order valence-corrected chi connectivity index (χ3v) is 2.27. The van der Waals surface area contributed by atoms with Crippen LogP contribution in [0.5, 0.6) is 0 Å². The van der Waals surface area contributed by atoms with Gasteiger partial charge in [0.2, 0.25) is 5.82 Å². The lowest BCUT2D eigenvalue weighted by atomic mass is 10.2. The van der Waals surface area contributed by atoms with Crippen molar-refractivity contribution >= 4 is 15.9 Å². The summed E-state index contributed by atoms with van der Waals surface area (Å²) in [6.45, 7) is 0. The molecule has 0 N–H and O–H groups in total. The van der Waals surface area contributed by atoms with Crippen molar-refractivity contribution in [1.29, 1.82) is 0 Å². The van der Waals surface area contributed by atoms with Crippen LogP contribution in [0.15, 0.2) is 29.0 Å². The van der Waals surface area contributed by atoms with Crippen LogP contribution in [0.4, 0.5) is 4.39 Å². The van der Waals surface area contributed by atoms with Gasteiger partial charge in [0.25, 0.3) is 0 Å². The molecule has 0 aliphatic carbocycles. The van der Waals surface area contributed by atoms with Crippen molar-refractivity contribution in [2.24, 2.45) is 0 Å². The van der Waals surface area contributed by atoms with Crippen molar-refractivity contribution < 1.29 is 4.39 Å². The minimum absolute atomic E-state index is 0.291. The van der Waals surface area contributed by atoms with Crippen LogP contribution in [0.2, 0.25) is 0 Å². The fourth-order valence-corrected chi connectivity index (χ4v) is 1.40. The van der Waals surface area contributed by atoms with Gasteiger partial charge in [-0.15, -0.1) is 20.4 Å². The lowest BCUT2D eigenvalue weighted by Gasteiger charge is -2.00. The third kappa shape index (κ3) is 1.74. The fourth-order valence-electron chi connectivity index (χ4n) is 0.981. The van der Waals surface area contributed by atoms with Crippen LogP contribution in [0.1, 0.15) is 0 Å². The summed E-state index contributed by atoms with van der Waals surface area (Å²) in [6, 6.07) is 4.25. The van der Waals surface area contributed by atoms with Crippen LogP contribution in [-0.4, -0.2) is 20.4 Å². The summed E-state index contributed by atoms with van der Waals surface area (Å²) in [5.41, 5.74) is 0.533. The lowest BCUT2D eigenvalue weighted by molar-refractivity contribution is 0.627. The maximum absolute atomic E-state index is 12.9. The van der Waals surface area contributed by atoms with Gasteiger partial charge in [-0.05, 0) is 18.2 Å². The first-order valence-corrected chi connectivity index (χ1v) is 4.52. The molecule has 0 aliphatic heterocycles. The largest absolute Gasteiger partial charge is 0.207 e. The second kappa shape index (κ2) is 3.75. The highest BCUT2D eigenvalue weighted by atomic mass is 79.9. The van der Waals surface area contributed by atoms with Gasteiger partial charge in [-0.1, -0.05) is 15.9 Å². The Kier molecular flexibility index (Phi) is 2.45. The maximum Gasteiger partial charge on any atom is 0.204 e. The molecule has 1 aromatic carbocycles. The van der Waals surface area contributed by atoms with Crippen LogP contribution in [0, 0.1) is 5.82 Å². The van der Waals surface area contributed by atoms with Gasteiger partial charge < -0.3 is 0 Å². The lowest BCUT2D eigenvalue weighted by Crippen LogP contribution is -1.94. The standard InChI is InChI=1S/C8H4BrFN4/c9-7-2-1-5(10)3-6(7)8-13-11-4-12-14-8/h1-4H. The minimum Gasteiger partial charge on any atom is -0.207 e. The Bertz CT molecular complexity index is 448. The molecule has 0 saturated heterocycles. The van der Waals surface area contributed by atoms with Crippen LogP contribution >= 0.6 is 15.9 Å². The van der Waals surface area contributed by atoms with Crippen LogP contribution in [-0.2, 0) is 0 Å². The second-order valence-corrected chi connectivity index (χ2v) is 3.35. The quantitative estimate of drug-likeness (QED) is 0.780. The molecule has 4 nitrogen and oxygen atoms in total. The van der Waals surface area contributed by atoms with Gasteiger partial charge in [0, 0.05) is 10.0 Å². The molecule has 0 aliphatic rings.